The van der Waals surface area contributed by atoms with Crippen molar-refractivity contribution in [3.05, 3.63) is 5.82 Å². The van der Waals surface area contributed by atoms with Gasteiger partial charge in [0.2, 0.25) is 15.2 Å². The standard InChI is InChI=1S/C5H9N3O3S2/c1-4-6-5(12-7-4)8-13(10,11)3-2-9/h9H,2-3H2,1H3,(H,6,7,8). The normalized spacial score (nSPS) is 11.5. The average molecular weight is 223 g/mol. The first-order valence-corrected chi connectivity index (χ1v) is 5.88. The maximum Gasteiger partial charge on any atom is 0.236 e. The van der Waals surface area contributed by atoms with Crippen molar-refractivity contribution < 1.29 is 13.5 Å². The summed E-state index contributed by atoms with van der Waals surface area (Å²) in [6.07, 6.45) is 0. The Labute approximate surface area is 79.9 Å². The second-order valence-corrected chi connectivity index (χ2v) is 4.88. The SMILES string of the molecule is Cc1nsc(NS(=O)(=O)CCO)n1. The molecule has 13 heavy (non-hydrogen) atoms. The van der Waals surface area contributed by atoms with E-state index >= 15 is 0 Å². The molecule has 0 fully saturated rings. The summed E-state index contributed by atoms with van der Waals surface area (Å²) < 4.78 is 28.2. The van der Waals surface area contributed by atoms with E-state index in [1.807, 2.05) is 0 Å². The molecule has 1 aromatic rings. The van der Waals surface area contributed by atoms with Gasteiger partial charge in [0, 0.05) is 11.5 Å². The number of nitrogens with zero attached hydrogens (tertiary/aromatic N) is 2. The second-order valence-electron chi connectivity index (χ2n) is 2.29. The van der Waals surface area contributed by atoms with Crippen LogP contribution in [-0.4, -0.2) is 35.2 Å². The van der Waals surface area contributed by atoms with E-state index in [1.165, 1.54) is 0 Å². The van der Waals surface area contributed by atoms with Crippen molar-refractivity contribution in [2.24, 2.45) is 0 Å². The largest absolute Gasteiger partial charge is 0.395 e. The Hall–Kier alpha value is -0.730. The molecule has 1 rings (SSSR count). The van der Waals surface area contributed by atoms with Crippen LogP contribution in [0.25, 0.3) is 0 Å². The first-order chi connectivity index (χ1) is 6.03. The molecule has 2 N–H and O–H groups in total. The smallest absolute Gasteiger partial charge is 0.236 e. The Bertz CT molecular complexity index is 372. The van der Waals surface area contributed by atoms with Gasteiger partial charge >= 0.3 is 0 Å². The number of rotatable bonds is 4. The Morgan fingerprint density at radius 1 is 1.62 bits per heavy atom. The van der Waals surface area contributed by atoms with E-state index in [0.717, 1.165) is 11.5 Å². The van der Waals surface area contributed by atoms with E-state index in [1.54, 1.807) is 6.92 Å². The van der Waals surface area contributed by atoms with Crippen LogP contribution in [0.1, 0.15) is 5.82 Å². The molecule has 0 aliphatic rings. The molecule has 0 saturated carbocycles. The van der Waals surface area contributed by atoms with Gasteiger partial charge in [-0.3, -0.25) is 4.72 Å². The van der Waals surface area contributed by atoms with Crippen molar-refractivity contribution in [1.82, 2.24) is 9.36 Å². The molecule has 0 aliphatic carbocycles. The topological polar surface area (TPSA) is 92.2 Å². The summed E-state index contributed by atoms with van der Waals surface area (Å²) in [7, 11) is -3.46. The number of aliphatic hydroxyl groups excluding tert-OH is 1. The summed E-state index contributed by atoms with van der Waals surface area (Å²) in [6.45, 7) is 1.26. The van der Waals surface area contributed by atoms with Crippen LogP contribution in [0, 0.1) is 6.92 Å². The van der Waals surface area contributed by atoms with Crippen LogP contribution >= 0.6 is 11.5 Å². The fourth-order valence-corrected chi connectivity index (χ4v) is 2.26. The number of aromatic nitrogens is 2. The van der Waals surface area contributed by atoms with E-state index in [9.17, 15) is 8.42 Å². The van der Waals surface area contributed by atoms with E-state index in [-0.39, 0.29) is 10.9 Å². The third-order valence-corrected chi connectivity index (χ3v) is 3.21. The molecule has 74 valence electrons. The molecular formula is C5H9N3O3S2. The summed E-state index contributed by atoms with van der Waals surface area (Å²) in [5.41, 5.74) is 0. The Kier molecular flexibility index (Phi) is 3.17. The van der Waals surface area contributed by atoms with Crippen LogP contribution in [0.2, 0.25) is 0 Å². The van der Waals surface area contributed by atoms with Crippen molar-refractivity contribution in [2.75, 3.05) is 17.1 Å². The zero-order valence-corrected chi connectivity index (χ0v) is 8.52. The van der Waals surface area contributed by atoms with E-state index < -0.39 is 16.6 Å². The quantitative estimate of drug-likeness (QED) is 0.723. The van der Waals surface area contributed by atoms with Crippen LogP contribution < -0.4 is 4.72 Å². The van der Waals surface area contributed by atoms with Gasteiger partial charge in [-0.2, -0.15) is 4.37 Å². The zero-order valence-electron chi connectivity index (χ0n) is 6.89. The molecule has 8 heteroatoms. The molecule has 6 nitrogen and oxygen atoms in total. The van der Waals surface area contributed by atoms with Crippen molar-refractivity contribution in [3.63, 3.8) is 0 Å². The highest BCUT2D eigenvalue weighted by atomic mass is 32.2. The monoisotopic (exact) mass is 223 g/mol. The average Bonchev–Trinajstić information content (AvgIpc) is 2.34. The van der Waals surface area contributed by atoms with Crippen LogP contribution in [0.3, 0.4) is 0 Å². The molecule has 0 amide bonds. The predicted molar refractivity (Wildman–Crippen MR) is 49.1 cm³/mol. The molecule has 0 aromatic carbocycles. The third-order valence-electron chi connectivity index (χ3n) is 1.13. The highest BCUT2D eigenvalue weighted by Gasteiger charge is 2.11. The van der Waals surface area contributed by atoms with Crippen molar-refractivity contribution in [1.29, 1.82) is 0 Å². The van der Waals surface area contributed by atoms with Crippen molar-refractivity contribution in [3.8, 4) is 0 Å². The van der Waals surface area contributed by atoms with Crippen molar-refractivity contribution in [2.45, 2.75) is 6.92 Å². The van der Waals surface area contributed by atoms with Gasteiger partial charge in [0.15, 0.2) is 0 Å². The predicted octanol–water partition coefficient (Wildman–Crippen LogP) is -0.419. The lowest BCUT2D eigenvalue weighted by Crippen LogP contribution is -2.18. The summed E-state index contributed by atoms with van der Waals surface area (Å²) in [5.74, 6) is 0.192. The molecule has 0 unspecified atom stereocenters. The molecule has 0 atom stereocenters. The Morgan fingerprint density at radius 2 is 2.31 bits per heavy atom. The van der Waals surface area contributed by atoms with Gasteiger partial charge in [-0.1, -0.05) is 0 Å². The highest BCUT2D eigenvalue weighted by molar-refractivity contribution is 7.92. The summed E-state index contributed by atoms with van der Waals surface area (Å²) in [6, 6.07) is 0. The van der Waals surface area contributed by atoms with E-state index in [4.69, 9.17) is 5.11 Å². The first kappa shape index (κ1) is 10.4. The number of aryl methyl sites for hydroxylation is 1. The zero-order chi connectivity index (χ0) is 9.90. The Morgan fingerprint density at radius 3 is 2.77 bits per heavy atom. The maximum atomic E-state index is 11.1. The van der Waals surface area contributed by atoms with Crippen LogP contribution in [0.15, 0.2) is 0 Å². The second kappa shape index (κ2) is 3.99. The van der Waals surface area contributed by atoms with E-state index in [2.05, 4.69) is 14.1 Å². The fourth-order valence-electron chi connectivity index (χ4n) is 0.643. The number of hydrogen-bond donors (Lipinski definition) is 2. The van der Waals surface area contributed by atoms with Crippen LogP contribution in [0.5, 0.6) is 0 Å². The number of nitrogens with one attached hydrogen (secondary N) is 1. The number of sulfonamides is 1. The molecule has 0 aliphatic heterocycles. The lowest BCUT2D eigenvalue weighted by atomic mass is 10.8. The molecule has 0 spiro atoms. The molecule has 0 saturated heterocycles. The fraction of sp³-hybridized carbons (Fsp3) is 0.600. The molecule has 0 bridgehead atoms. The van der Waals surface area contributed by atoms with Gasteiger partial charge in [-0.05, 0) is 6.92 Å². The summed E-state index contributed by atoms with van der Waals surface area (Å²) in [5, 5.41) is 8.66. The van der Waals surface area contributed by atoms with Gasteiger partial charge in [0.1, 0.15) is 5.82 Å². The number of anilines is 1. The van der Waals surface area contributed by atoms with Gasteiger partial charge < -0.3 is 5.11 Å². The Balaban J connectivity index is 2.69. The maximum absolute atomic E-state index is 11.1. The lowest BCUT2D eigenvalue weighted by molar-refractivity contribution is 0.320. The molecular weight excluding hydrogens is 214 g/mol. The van der Waals surface area contributed by atoms with Crippen LogP contribution in [0.4, 0.5) is 5.13 Å². The third kappa shape index (κ3) is 3.25. The number of aliphatic hydroxyl groups is 1. The number of hydrogen-bond acceptors (Lipinski definition) is 6. The first-order valence-electron chi connectivity index (χ1n) is 3.45. The van der Waals surface area contributed by atoms with Crippen molar-refractivity contribution >= 4 is 26.7 Å². The summed E-state index contributed by atoms with van der Waals surface area (Å²) in [4.78, 5) is 3.81. The van der Waals surface area contributed by atoms with E-state index in [0.29, 0.717) is 5.82 Å². The minimum Gasteiger partial charge on any atom is -0.395 e. The minimum absolute atomic E-state index is 0.228. The van der Waals surface area contributed by atoms with Crippen LogP contribution in [-0.2, 0) is 10.0 Å². The summed E-state index contributed by atoms with van der Waals surface area (Å²) >= 11 is 0.969. The minimum atomic E-state index is -3.46. The van der Waals surface area contributed by atoms with Gasteiger partial charge in [0.25, 0.3) is 0 Å². The highest BCUT2D eigenvalue weighted by Crippen LogP contribution is 2.11. The van der Waals surface area contributed by atoms with Gasteiger partial charge in [-0.15, -0.1) is 0 Å². The molecule has 1 heterocycles. The van der Waals surface area contributed by atoms with Gasteiger partial charge in [0.05, 0.1) is 12.4 Å². The van der Waals surface area contributed by atoms with Gasteiger partial charge in [-0.25, -0.2) is 13.4 Å². The molecule has 0 radical (unpaired) electrons. The molecule has 1 aromatic heterocycles. The lowest BCUT2D eigenvalue weighted by Gasteiger charge is -2.00.